The largest absolute Gasteiger partial charge is 0.496 e. The Bertz CT molecular complexity index is 688. The third kappa shape index (κ3) is 4.49. The molecule has 0 spiro atoms. The molecule has 0 aliphatic heterocycles. The molecule has 2 aromatic rings. The predicted octanol–water partition coefficient (Wildman–Crippen LogP) is 4.15. The molecular formula is C17H20ClNO2S. The second-order valence-electron chi connectivity index (χ2n) is 5.19. The fourth-order valence-electron chi connectivity index (χ4n) is 2.26. The molecule has 118 valence electrons. The van der Waals surface area contributed by atoms with Crippen LogP contribution in [0.1, 0.15) is 16.7 Å². The minimum atomic E-state index is -0.915. The van der Waals surface area contributed by atoms with Gasteiger partial charge in [-0.3, -0.25) is 4.21 Å². The Morgan fingerprint density at radius 2 is 1.95 bits per heavy atom. The molecule has 2 aromatic carbocycles. The molecule has 0 bridgehead atoms. The smallest absolute Gasteiger partial charge is 0.123 e. The maximum absolute atomic E-state index is 11.4. The van der Waals surface area contributed by atoms with Crippen molar-refractivity contribution in [1.29, 1.82) is 0 Å². The van der Waals surface area contributed by atoms with Crippen LogP contribution in [0.4, 0.5) is 5.69 Å². The Balaban J connectivity index is 2.15. The van der Waals surface area contributed by atoms with Crippen molar-refractivity contribution < 1.29 is 8.95 Å². The van der Waals surface area contributed by atoms with Gasteiger partial charge in [-0.15, -0.1) is 0 Å². The highest BCUT2D eigenvalue weighted by molar-refractivity contribution is 7.83. The van der Waals surface area contributed by atoms with Gasteiger partial charge in [0.2, 0.25) is 0 Å². The van der Waals surface area contributed by atoms with Crippen LogP contribution in [-0.2, 0) is 23.1 Å². The van der Waals surface area contributed by atoms with E-state index in [1.165, 1.54) is 5.56 Å². The van der Waals surface area contributed by atoms with Gasteiger partial charge in [-0.25, -0.2) is 0 Å². The Hall–Kier alpha value is -1.52. The third-order valence-electron chi connectivity index (χ3n) is 3.32. The molecule has 22 heavy (non-hydrogen) atoms. The van der Waals surface area contributed by atoms with Crippen LogP contribution in [-0.4, -0.2) is 17.6 Å². The summed E-state index contributed by atoms with van der Waals surface area (Å²) in [5.74, 6) is 1.32. The molecule has 0 radical (unpaired) electrons. The molecule has 3 nitrogen and oxygen atoms in total. The molecule has 0 aliphatic rings. The normalized spacial score (nSPS) is 12.0. The van der Waals surface area contributed by atoms with Gasteiger partial charge in [0.05, 0.1) is 7.11 Å². The first-order chi connectivity index (χ1) is 10.5. The maximum atomic E-state index is 11.4. The number of hydrogen-bond acceptors (Lipinski definition) is 3. The number of methoxy groups -OCH3 is 1. The van der Waals surface area contributed by atoms with Gasteiger partial charge in [-0.2, -0.15) is 0 Å². The fourth-order valence-corrected chi connectivity index (χ4v) is 3.20. The number of rotatable bonds is 6. The van der Waals surface area contributed by atoms with Crippen LogP contribution < -0.4 is 10.1 Å². The van der Waals surface area contributed by atoms with Crippen molar-refractivity contribution in [2.75, 3.05) is 18.7 Å². The molecule has 5 heteroatoms. The second kappa shape index (κ2) is 7.65. The number of hydrogen-bond donors (Lipinski definition) is 1. The van der Waals surface area contributed by atoms with Gasteiger partial charge in [-0.05, 0) is 36.8 Å². The average Bonchev–Trinajstić information content (AvgIpc) is 2.47. The Morgan fingerprint density at radius 3 is 2.64 bits per heavy atom. The Labute approximate surface area is 139 Å². The second-order valence-corrected chi connectivity index (χ2v) is 7.03. The maximum Gasteiger partial charge on any atom is 0.123 e. The van der Waals surface area contributed by atoms with Crippen molar-refractivity contribution in [3.8, 4) is 5.75 Å². The van der Waals surface area contributed by atoms with E-state index in [1.54, 1.807) is 13.4 Å². The summed E-state index contributed by atoms with van der Waals surface area (Å²) in [6.07, 6.45) is 1.67. The minimum Gasteiger partial charge on any atom is -0.496 e. The van der Waals surface area contributed by atoms with Crippen molar-refractivity contribution in [2.24, 2.45) is 0 Å². The van der Waals surface area contributed by atoms with Crippen LogP contribution in [0.2, 0.25) is 5.02 Å². The van der Waals surface area contributed by atoms with E-state index in [2.05, 4.69) is 18.3 Å². The summed E-state index contributed by atoms with van der Waals surface area (Å²) in [4.78, 5) is 0. The lowest BCUT2D eigenvalue weighted by molar-refractivity contribution is 0.410. The van der Waals surface area contributed by atoms with E-state index >= 15 is 0 Å². The molecule has 1 atom stereocenters. The molecule has 2 rings (SSSR count). The van der Waals surface area contributed by atoms with Crippen LogP contribution in [0.25, 0.3) is 0 Å². The molecule has 0 saturated heterocycles. The first kappa shape index (κ1) is 16.8. The number of halogens is 1. The van der Waals surface area contributed by atoms with Crippen molar-refractivity contribution in [2.45, 2.75) is 19.2 Å². The summed E-state index contributed by atoms with van der Waals surface area (Å²) in [7, 11) is 0.756. The van der Waals surface area contributed by atoms with Crippen molar-refractivity contribution in [1.82, 2.24) is 0 Å². The van der Waals surface area contributed by atoms with Gasteiger partial charge < -0.3 is 10.1 Å². The molecule has 1 N–H and O–H groups in total. The van der Waals surface area contributed by atoms with E-state index in [9.17, 15) is 4.21 Å². The summed E-state index contributed by atoms with van der Waals surface area (Å²) in [6, 6.07) is 11.8. The van der Waals surface area contributed by atoms with Gasteiger partial charge in [0.1, 0.15) is 5.75 Å². The van der Waals surface area contributed by atoms with Crippen LogP contribution in [0.5, 0.6) is 5.75 Å². The van der Waals surface area contributed by atoms with E-state index in [4.69, 9.17) is 16.3 Å². The average molecular weight is 338 g/mol. The molecule has 0 aromatic heterocycles. The summed E-state index contributed by atoms with van der Waals surface area (Å²) >= 11 is 6.14. The monoisotopic (exact) mass is 337 g/mol. The van der Waals surface area contributed by atoms with E-state index in [0.29, 0.717) is 17.3 Å². The molecule has 0 fully saturated rings. The summed E-state index contributed by atoms with van der Waals surface area (Å²) < 4.78 is 16.8. The first-order valence-electron chi connectivity index (χ1n) is 6.95. The zero-order chi connectivity index (χ0) is 16.1. The first-order valence-corrected chi connectivity index (χ1v) is 9.06. The zero-order valence-electron chi connectivity index (χ0n) is 13.0. The number of anilines is 1. The lowest BCUT2D eigenvalue weighted by atomic mass is 10.1. The van der Waals surface area contributed by atoms with Crippen LogP contribution in [0, 0.1) is 6.92 Å². The predicted molar refractivity (Wildman–Crippen MR) is 94.3 cm³/mol. The van der Waals surface area contributed by atoms with E-state index in [0.717, 1.165) is 22.6 Å². The van der Waals surface area contributed by atoms with E-state index in [-0.39, 0.29) is 0 Å². The SMILES string of the molecule is COc1ccc(C)cc1CNc1ccc(Cl)c(CS(C)=O)c1. The van der Waals surface area contributed by atoms with E-state index < -0.39 is 10.8 Å². The van der Waals surface area contributed by atoms with E-state index in [1.807, 2.05) is 30.3 Å². The summed E-state index contributed by atoms with van der Waals surface area (Å²) in [5.41, 5.74) is 4.13. The van der Waals surface area contributed by atoms with Gasteiger partial charge in [0.15, 0.2) is 0 Å². The molecular weight excluding hydrogens is 318 g/mol. The summed E-state index contributed by atoms with van der Waals surface area (Å²) in [5, 5.41) is 4.01. The Morgan fingerprint density at radius 1 is 1.18 bits per heavy atom. The lowest BCUT2D eigenvalue weighted by Gasteiger charge is -2.13. The van der Waals surface area contributed by atoms with Crippen LogP contribution >= 0.6 is 11.6 Å². The third-order valence-corrected chi connectivity index (χ3v) is 4.41. The number of aryl methyl sites for hydroxylation is 1. The topological polar surface area (TPSA) is 38.3 Å². The zero-order valence-corrected chi connectivity index (χ0v) is 14.6. The molecule has 0 heterocycles. The van der Waals surface area contributed by atoms with Crippen LogP contribution in [0.15, 0.2) is 36.4 Å². The van der Waals surface area contributed by atoms with Crippen molar-refractivity contribution in [3.05, 3.63) is 58.1 Å². The van der Waals surface area contributed by atoms with Gasteiger partial charge in [0.25, 0.3) is 0 Å². The standard InChI is InChI=1S/C17H20ClNO2S/c1-12-4-7-17(21-2)13(8-12)10-19-15-5-6-16(18)14(9-15)11-22(3)20/h4-9,19H,10-11H2,1-3H3. The molecule has 0 aliphatic carbocycles. The molecule has 0 saturated carbocycles. The fraction of sp³-hybridized carbons (Fsp3) is 0.294. The number of ether oxygens (including phenoxy) is 1. The van der Waals surface area contributed by atoms with Gasteiger partial charge >= 0.3 is 0 Å². The van der Waals surface area contributed by atoms with Crippen molar-refractivity contribution >= 4 is 28.1 Å². The van der Waals surface area contributed by atoms with Gasteiger partial charge in [-0.1, -0.05) is 29.3 Å². The number of nitrogens with one attached hydrogen (secondary N) is 1. The van der Waals surface area contributed by atoms with Gasteiger partial charge in [0, 0.05) is 45.6 Å². The highest BCUT2D eigenvalue weighted by atomic mass is 35.5. The Kier molecular flexibility index (Phi) is 5.86. The highest BCUT2D eigenvalue weighted by Crippen LogP contribution is 2.24. The van der Waals surface area contributed by atoms with Crippen molar-refractivity contribution in [3.63, 3.8) is 0 Å². The molecule has 0 amide bonds. The van der Waals surface area contributed by atoms with Crippen LogP contribution in [0.3, 0.4) is 0 Å². The minimum absolute atomic E-state index is 0.460. The quantitative estimate of drug-likeness (QED) is 0.860. The lowest BCUT2D eigenvalue weighted by Crippen LogP contribution is -2.03. The summed E-state index contributed by atoms with van der Waals surface area (Å²) in [6.45, 7) is 2.71. The molecule has 1 unspecified atom stereocenters. The highest BCUT2D eigenvalue weighted by Gasteiger charge is 2.06. The number of benzene rings is 2.